The van der Waals surface area contributed by atoms with E-state index in [0.717, 1.165) is 4.47 Å². The van der Waals surface area contributed by atoms with Gasteiger partial charge in [0.05, 0.1) is 11.8 Å². The van der Waals surface area contributed by atoms with Gasteiger partial charge in [0.2, 0.25) is 17.7 Å². The lowest BCUT2D eigenvalue weighted by atomic mass is 9.85. The van der Waals surface area contributed by atoms with Crippen LogP contribution in [-0.2, 0) is 14.4 Å². The number of nitrogens with zero attached hydrogens (tertiary/aromatic N) is 1. The average Bonchev–Trinajstić information content (AvgIpc) is 2.77. The second-order valence-electron chi connectivity index (χ2n) is 5.79. The number of benzene rings is 1. The second-order valence-corrected chi connectivity index (χ2v) is 6.71. The number of nitrogens with one attached hydrogen (secondary N) is 1. The monoisotopic (exact) mass is 376 g/mol. The van der Waals surface area contributed by atoms with Gasteiger partial charge in [-0.3, -0.25) is 19.3 Å². The molecule has 0 spiro atoms. The largest absolute Gasteiger partial charge is 0.326 e. The normalized spacial score (nSPS) is 23.1. The molecule has 2 atom stereocenters. The summed E-state index contributed by atoms with van der Waals surface area (Å²) in [5.74, 6) is -0.961. The minimum absolute atomic E-state index is 0.108. The van der Waals surface area contributed by atoms with E-state index in [-0.39, 0.29) is 42.5 Å². The number of hydrogen-bond acceptors (Lipinski definition) is 3. The number of hydrogen-bond donors (Lipinski definition) is 1. The Balaban J connectivity index is 1.57. The molecule has 120 valence electrons. The SMILES string of the molecule is O=C(CCN1C(=O)[C@@H]2CC=CC[C@H]2C1=O)Nc1cccc(Br)c1. The third-order valence-electron chi connectivity index (χ3n) is 4.27. The maximum absolute atomic E-state index is 12.3. The Hall–Kier alpha value is -1.95. The van der Waals surface area contributed by atoms with Crippen LogP contribution in [0.15, 0.2) is 40.9 Å². The summed E-state index contributed by atoms with van der Waals surface area (Å²) >= 11 is 3.34. The van der Waals surface area contributed by atoms with Crippen LogP contribution in [0.5, 0.6) is 0 Å². The maximum Gasteiger partial charge on any atom is 0.233 e. The minimum atomic E-state index is -0.236. The number of allylic oxidation sites excluding steroid dienone is 2. The van der Waals surface area contributed by atoms with Crippen molar-refractivity contribution in [1.82, 2.24) is 4.90 Å². The van der Waals surface area contributed by atoms with Gasteiger partial charge in [0.25, 0.3) is 0 Å². The van der Waals surface area contributed by atoms with Gasteiger partial charge in [0.1, 0.15) is 0 Å². The van der Waals surface area contributed by atoms with Crippen LogP contribution < -0.4 is 5.32 Å². The molecule has 0 saturated carbocycles. The highest BCUT2D eigenvalue weighted by molar-refractivity contribution is 9.10. The van der Waals surface area contributed by atoms with E-state index in [0.29, 0.717) is 18.5 Å². The van der Waals surface area contributed by atoms with E-state index in [4.69, 9.17) is 0 Å². The quantitative estimate of drug-likeness (QED) is 0.648. The first-order valence-corrected chi connectivity index (χ1v) is 8.41. The lowest BCUT2D eigenvalue weighted by Gasteiger charge is -2.14. The molecule has 1 N–H and O–H groups in total. The van der Waals surface area contributed by atoms with Gasteiger partial charge in [0.15, 0.2) is 0 Å². The summed E-state index contributed by atoms with van der Waals surface area (Å²) in [5, 5.41) is 2.77. The Morgan fingerprint density at radius 2 is 1.83 bits per heavy atom. The Labute approximate surface area is 142 Å². The summed E-state index contributed by atoms with van der Waals surface area (Å²) in [6.45, 7) is 0.143. The standard InChI is InChI=1S/C17H17BrN2O3/c18-11-4-3-5-12(10-11)19-15(21)8-9-20-16(22)13-6-1-2-7-14(13)17(20)23/h1-5,10,13-14H,6-9H2,(H,19,21)/t13-,14-/m1/s1. The van der Waals surface area contributed by atoms with Gasteiger partial charge >= 0.3 is 0 Å². The van der Waals surface area contributed by atoms with Crippen LogP contribution in [0, 0.1) is 11.8 Å². The molecule has 0 aromatic heterocycles. The third kappa shape index (κ3) is 3.37. The predicted octanol–water partition coefficient (Wildman–Crippen LogP) is 2.73. The van der Waals surface area contributed by atoms with Gasteiger partial charge in [-0.1, -0.05) is 34.1 Å². The number of halogens is 1. The molecule has 6 heteroatoms. The molecule has 1 fully saturated rings. The van der Waals surface area contributed by atoms with Crippen molar-refractivity contribution in [2.75, 3.05) is 11.9 Å². The molecule has 1 saturated heterocycles. The molecule has 23 heavy (non-hydrogen) atoms. The van der Waals surface area contributed by atoms with Crippen molar-refractivity contribution < 1.29 is 14.4 Å². The number of rotatable bonds is 4. The van der Waals surface area contributed by atoms with Crippen LogP contribution in [0.3, 0.4) is 0 Å². The minimum Gasteiger partial charge on any atom is -0.326 e. The number of carbonyl (C=O) groups is 3. The predicted molar refractivity (Wildman–Crippen MR) is 89.5 cm³/mol. The van der Waals surface area contributed by atoms with Gasteiger partial charge in [0, 0.05) is 23.1 Å². The highest BCUT2D eigenvalue weighted by Crippen LogP contribution is 2.35. The van der Waals surface area contributed by atoms with Crippen molar-refractivity contribution in [2.24, 2.45) is 11.8 Å². The Kier molecular flexibility index (Phi) is 4.61. The molecule has 1 aromatic rings. The molecular weight excluding hydrogens is 360 g/mol. The fourth-order valence-corrected chi connectivity index (χ4v) is 3.49. The third-order valence-corrected chi connectivity index (χ3v) is 4.76. The average molecular weight is 377 g/mol. The van der Waals surface area contributed by atoms with Crippen LogP contribution >= 0.6 is 15.9 Å². The zero-order valence-corrected chi connectivity index (χ0v) is 14.1. The van der Waals surface area contributed by atoms with Crippen molar-refractivity contribution in [3.63, 3.8) is 0 Å². The number of carbonyl (C=O) groups excluding carboxylic acids is 3. The molecule has 3 amide bonds. The van der Waals surface area contributed by atoms with Crippen LogP contribution in [0.2, 0.25) is 0 Å². The molecule has 5 nitrogen and oxygen atoms in total. The Morgan fingerprint density at radius 3 is 2.43 bits per heavy atom. The zero-order valence-electron chi connectivity index (χ0n) is 12.5. The van der Waals surface area contributed by atoms with E-state index in [1.807, 2.05) is 24.3 Å². The topological polar surface area (TPSA) is 66.5 Å². The van der Waals surface area contributed by atoms with Crippen LogP contribution in [0.4, 0.5) is 5.69 Å². The van der Waals surface area contributed by atoms with Gasteiger partial charge in [-0.2, -0.15) is 0 Å². The smallest absolute Gasteiger partial charge is 0.233 e. The fourth-order valence-electron chi connectivity index (χ4n) is 3.09. The van der Waals surface area contributed by atoms with E-state index >= 15 is 0 Å². The number of imide groups is 1. The number of likely N-dealkylation sites (tertiary alicyclic amines) is 1. The van der Waals surface area contributed by atoms with Gasteiger partial charge in [-0.15, -0.1) is 0 Å². The van der Waals surface area contributed by atoms with Crippen molar-refractivity contribution in [3.8, 4) is 0 Å². The Bertz CT molecular complexity index is 660. The number of anilines is 1. The van der Waals surface area contributed by atoms with E-state index in [2.05, 4.69) is 21.2 Å². The molecule has 0 bridgehead atoms. The molecule has 1 aromatic carbocycles. The van der Waals surface area contributed by atoms with E-state index in [1.54, 1.807) is 12.1 Å². The summed E-state index contributed by atoms with van der Waals surface area (Å²) in [4.78, 5) is 37.9. The fraction of sp³-hybridized carbons (Fsp3) is 0.353. The summed E-state index contributed by atoms with van der Waals surface area (Å²) in [6.07, 6.45) is 5.26. The summed E-state index contributed by atoms with van der Waals surface area (Å²) in [5.41, 5.74) is 0.682. The van der Waals surface area contributed by atoms with E-state index in [9.17, 15) is 14.4 Å². The van der Waals surface area contributed by atoms with E-state index < -0.39 is 0 Å². The number of amides is 3. The van der Waals surface area contributed by atoms with Gasteiger partial charge in [-0.05, 0) is 31.0 Å². The van der Waals surface area contributed by atoms with Crippen molar-refractivity contribution in [3.05, 3.63) is 40.9 Å². The lowest BCUT2D eigenvalue weighted by Crippen LogP contribution is -2.34. The van der Waals surface area contributed by atoms with Crippen LogP contribution in [-0.4, -0.2) is 29.2 Å². The van der Waals surface area contributed by atoms with Gasteiger partial charge in [-0.25, -0.2) is 0 Å². The summed E-state index contributed by atoms with van der Waals surface area (Å²) < 4.78 is 0.872. The first kappa shape index (κ1) is 15.9. The summed E-state index contributed by atoms with van der Waals surface area (Å²) in [7, 11) is 0. The van der Waals surface area contributed by atoms with Crippen molar-refractivity contribution >= 4 is 39.3 Å². The maximum atomic E-state index is 12.3. The lowest BCUT2D eigenvalue weighted by molar-refractivity contribution is -0.140. The first-order valence-electron chi connectivity index (χ1n) is 7.62. The summed E-state index contributed by atoms with van der Waals surface area (Å²) in [6, 6.07) is 7.28. The highest BCUT2D eigenvalue weighted by atomic mass is 79.9. The molecule has 1 heterocycles. The van der Waals surface area contributed by atoms with Crippen molar-refractivity contribution in [2.45, 2.75) is 19.3 Å². The molecular formula is C17H17BrN2O3. The molecule has 0 radical (unpaired) electrons. The molecule has 1 aliphatic heterocycles. The zero-order chi connectivity index (χ0) is 16.4. The molecule has 2 aliphatic rings. The number of fused-ring (bicyclic) bond motifs is 1. The second kappa shape index (κ2) is 6.66. The van der Waals surface area contributed by atoms with Crippen LogP contribution in [0.25, 0.3) is 0 Å². The first-order chi connectivity index (χ1) is 11.1. The highest BCUT2D eigenvalue weighted by Gasteiger charge is 2.46. The van der Waals surface area contributed by atoms with E-state index in [1.165, 1.54) is 4.90 Å². The van der Waals surface area contributed by atoms with Crippen LogP contribution in [0.1, 0.15) is 19.3 Å². The molecule has 0 unspecified atom stereocenters. The van der Waals surface area contributed by atoms with Crippen molar-refractivity contribution in [1.29, 1.82) is 0 Å². The molecule has 3 rings (SSSR count). The van der Waals surface area contributed by atoms with Gasteiger partial charge < -0.3 is 5.32 Å². The Morgan fingerprint density at radius 1 is 1.17 bits per heavy atom. The molecule has 1 aliphatic carbocycles.